The molecule has 89 valence electrons. The summed E-state index contributed by atoms with van der Waals surface area (Å²) in [6, 6.07) is 0. The maximum Gasteiger partial charge on any atom is 0.485 e. The van der Waals surface area contributed by atoms with Gasteiger partial charge in [0.25, 0.3) is 0 Å². The third-order valence-electron chi connectivity index (χ3n) is 2.76. The second-order valence-electron chi connectivity index (χ2n) is 4.21. The van der Waals surface area contributed by atoms with E-state index in [4.69, 9.17) is 9.68 Å². The second-order valence-corrected chi connectivity index (χ2v) is 4.21. The van der Waals surface area contributed by atoms with Crippen LogP contribution < -0.4 is 0 Å². The van der Waals surface area contributed by atoms with Gasteiger partial charge in [-0.3, -0.25) is 0 Å². The number of rotatable bonds is 11. The molecular formula is C12H26BO2. The van der Waals surface area contributed by atoms with Gasteiger partial charge in [-0.25, -0.2) is 0 Å². The standard InChI is InChI=1S/C12H26BO2/c1-3-5-7-9-11-12(15-13-14)10-8-6-4-2/h12,14H,3-11H2,1-2H3. The van der Waals surface area contributed by atoms with Gasteiger partial charge in [0, 0.05) is 6.10 Å². The smallest absolute Gasteiger partial charge is 0.429 e. The molecular weight excluding hydrogens is 187 g/mol. The van der Waals surface area contributed by atoms with E-state index < -0.39 is 0 Å². The van der Waals surface area contributed by atoms with Gasteiger partial charge in [0.2, 0.25) is 0 Å². The first kappa shape index (κ1) is 15.0. The second kappa shape index (κ2) is 12.1. The summed E-state index contributed by atoms with van der Waals surface area (Å²) in [5.41, 5.74) is 0. The summed E-state index contributed by atoms with van der Waals surface area (Å²) < 4.78 is 5.20. The minimum atomic E-state index is 0.235. The lowest BCUT2D eigenvalue weighted by Gasteiger charge is -2.16. The fourth-order valence-corrected chi connectivity index (χ4v) is 1.79. The molecule has 0 rings (SSSR count). The Bertz CT molecular complexity index is 120. The van der Waals surface area contributed by atoms with E-state index >= 15 is 0 Å². The third-order valence-corrected chi connectivity index (χ3v) is 2.76. The number of unbranched alkanes of at least 4 members (excludes halogenated alkanes) is 5. The molecule has 0 aliphatic carbocycles. The quantitative estimate of drug-likeness (QED) is 0.420. The maximum absolute atomic E-state index is 8.65. The van der Waals surface area contributed by atoms with Crippen LogP contribution in [0.25, 0.3) is 0 Å². The van der Waals surface area contributed by atoms with E-state index in [9.17, 15) is 0 Å². The fourth-order valence-electron chi connectivity index (χ4n) is 1.79. The SMILES string of the molecule is CCCCCCC(CCCCC)O[B]O. The molecule has 0 bridgehead atoms. The first-order chi connectivity index (χ1) is 7.35. The number of hydrogen-bond acceptors (Lipinski definition) is 2. The molecule has 0 amide bonds. The van der Waals surface area contributed by atoms with Crippen LogP contribution in [0.4, 0.5) is 0 Å². The van der Waals surface area contributed by atoms with Crippen LogP contribution in [0.5, 0.6) is 0 Å². The van der Waals surface area contributed by atoms with Crippen molar-refractivity contribution in [2.75, 3.05) is 0 Å². The molecule has 0 fully saturated rings. The zero-order chi connectivity index (χ0) is 11.4. The Hall–Kier alpha value is -0.0151. The first-order valence-electron chi connectivity index (χ1n) is 6.46. The molecule has 1 N–H and O–H groups in total. The van der Waals surface area contributed by atoms with Crippen molar-refractivity contribution in [1.82, 2.24) is 0 Å². The zero-order valence-corrected chi connectivity index (χ0v) is 10.4. The van der Waals surface area contributed by atoms with E-state index in [1.807, 2.05) is 0 Å². The zero-order valence-electron chi connectivity index (χ0n) is 10.4. The minimum Gasteiger partial charge on any atom is -0.429 e. The van der Waals surface area contributed by atoms with Gasteiger partial charge in [-0.2, -0.15) is 0 Å². The molecule has 0 aliphatic rings. The Kier molecular flexibility index (Phi) is 12.0. The van der Waals surface area contributed by atoms with E-state index in [1.165, 1.54) is 44.9 Å². The van der Waals surface area contributed by atoms with E-state index in [1.54, 1.807) is 0 Å². The van der Waals surface area contributed by atoms with Crippen molar-refractivity contribution in [3.8, 4) is 0 Å². The Morgan fingerprint density at radius 2 is 1.47 bits per heavy atom. The minimum absolute atomic E-state index is 0.235. The highest BCUT2D eigenvalue weighted by molar-refractivity contribution is 6.15. The van der Waals surface area contributed by atoms with Crippen LogP contribution in [0.15, 0.2) is 0 Å². The fraction of sp³-hybridized carbons (Fsp3) is 1.00. The summed E-state index contributed by atoms with van der Waals surface area (Å²) in [5.74, 6) is 0. The molecule has 2 nitrogen and oxygen atoms in total. The van der Waals surface area contributed by atoms with E-state index in [-0.39, 0.29) is 6.10 Å². The Morgan fingerprint density at radius 1 is 0.933 bits per heavy atom. The summed E-state index contributed by atoms with van der Waals surface area (Å²) in [4.78, 5) is 0. The van der Waals surface area contributed by atoms with E-state index in [0.717, 1.165) is 20.5 Å². The van der Waals surface area contributed by atoms with Crippen LogP contribution >= 0.6 is 0 Å². The van der Waals surface area contributed by atoms with Crippen LogP contribution in [0, 0.1) is 0 Å². The highest BCUT2D eigenvalue weighted by atomic mass is 16.5. The lowest BCUT2D eigenvalue weighted by atomic mass is 10.0. The summed E-state index contributed by atoms with van der Waals surface area (Å²) in [7, 11) is 0.858. The molecule has 0 aromatic heterocycles. The summed E-state index contributed by atoms with van der Waals surface area (Å²) in [5, 5.41) is 8.65. The Morgan fingerprint density at radius 3 is 2.00 bits per heavy atom. The maximum atomic E-state index is 8.65. The molecule has 3 heteroatoms. The van der Waals surface area contributed by atoms with E-state index in [0.29, 0.717) is 0 Å². The van der Waals surface area contributed by atoms with Gasteiger partial charge in [-0.05, 0) is 12.8 Å². The highest BCUT2D eigenvalue weighted by Crippen LogP contribution is 2.14. The van der Waals surface area contributed by atoms with Crippen LogP contribution in [0.2, 0.25) is 0 Å². The monoisotopic (exact) mass is 213 g/mol. The van der Waals surface area contributed by atoms with Gasteiger partial charge in [-0.1, -0.05) is 58.8 Å². The molecule has 0 spiro atoms. The summed E-state index contributed by atoms with van der Waals surface area (Å²) in [6.45, 7) is 4.42. The lowest BCUT2D eigenvalue weighted by Crippen LogP contribution is -2.15. The van der Waals surface area contributed by atoms with Gasteiger partial charge in [0.1, 0.15) is 0 Å². The third kappa shape index (κ3) is 10.3. The Labute approximate surface area is 95.7 Å². The van der Waals surface area contributed by atoms with Crippen LogP contribution in [-0.4, -0.2) is 18.8 Å². The van der Waals surface area contributed by atoms with Crippen molar-refractivity contribution in [2.24, 2.45) is 0 Å². The average Bonchev–Trinajstić information content (AvgIpc) is 2.24. The molecule has 0 aliphatic heterocycles. The molecule has 0 saturated carbocycles. The average molecular weight is 213 g/mol. The van der Waals surface area contributed by atoms with Crippen molar-refractivity contribution < 1.29 is 9.68 Å². The van der Waals surface area contributed by atoms with Crippen LogP contribution in [0.1, 0.15) is 71.6 Å². The van der Waals surface area contributed by atoms with Gasteiger partial charge < -0.3 is 9.68 Å². The lowest BCUT2D eigenvalue weighted by molar-refractivity contribution is 0.157. The molecule has 1 radical (unpaired) electrons. The molecule has 1 unspecified atom stereocenters. The van der Waals surface area contributed by atoms with E-state index in [2.05, 4.69) is 13.8 Å². The van der Waals surface area contributed by atoms with Crippen LogP contribution in [-0.2, 0) is 4.65 Å². The first-order valence-corrected chi connectivity index (χ1v) is 6.46. The van der Waals surface area contributed by atoms with Crippen molar-refractivity contribution in [2.45, 2.75) is 77.7 Å². The predicted octanol–water partition coefficient (Wildman–Crippen LogP) is 3.45. The topological polar surface area (TPSA) is 29.5 Å². The largest absolute Gasteiger partial charge is 0.485 e. The molecule has 1 atom stereocenters. The normalized spacial score (nSPS) is 12.7. The summed E-state index contributed by atoms with van der Waals surface area (Å²) >= 11 is 0. The molecule has 0 heterocycles. The van der Waals surface area contributed by atoms with Crippen molar-refractivity contribution in [1.29, 1.82) is 0 Å². The van der Waals surface area contributed by atoms with Gasteiger partial charge in [0.15, 0.2) is 0 Å². The molecule has 0 saturated heterocycles. The van der Waals surface area contributed by atoms with Gasteiger partial charge in [-0.15, -0.1) is 0 Å². The summed E-state index contributed by atoms with van der Waals surface area (Å²) in [6.07, 6.45) is 11.2. The van der Waals surface area contributed by atoms with Crippen molar-refractivity contribution in [3.63, 3.8) is 0 Å². The predicted molar refractivity (Wildman–Crippen MR) is 65.7 cm³/mol. The molecule has 0 aromatic rings. The van der Waals surface area contributed by atoms with Crippen molar-refractivity contribution >= 4 is 7.69 Å². The van der Waals surface area contributed by atoms with Crippen LogP contribution in [0.3, 0.4) is 0 Å². The van der Waals surface area contributed by atoms with Gasteiger partial charge in [0.05, 0.1) is 0 Å². The number of hydrogen-bond donors (Lipinski definition) is 1. The van der Waals surface area contributed by atoms with Crippen molar-refractivity contribution in [3.05, 3.63) is 0 Å². The van der Waals surface area contributed by atoms with Gasteiger partial charge >= 0.3 is 7.69 Å². The molecule has 0 aromatic carbocycles. The molecule has 15 heavy (non-hydrogen) atoms. The highest BCUT2D eigenvalue weighted by Gasteiger charge is 2.08. The Balaban J connectivity index is 3.44.